The summed E-state index contributed by atoms with van der Waals surface area (Å²) < 4.78 is 0. The van der Waals surface area contributed by atoms with Crippen LogP contribution in [0.1, 0.15) is 41.2 Å². The fourth-order valence-electron chi connectivity index (χ4n) is 7.17. The monoisotopic (exact) mass is 693 g/mol. The number of nitrogens with zero attached hydrogens (tertiary/aromatic N) is 1. The maximum atomic E-state index is 13.3. The van der Waals surface area contributed by atoms with Crippen molar-refractivity contribution in [2.75, 3.05) is 31.5 Å². The lowest BCUT2D eigenvalue weighted by Crippen LogP contribution is -2.49. The van der Waals surface area contributed by atoms with Gasteiger partial charge >= 0.3 is 0 Å². The molecule has 4 aromatic carbocycles. The number of aliphatic hydroxyl groups excluding tert-OH is 1. The van der Waals surface area contributed by atoms with Crippen LogP contribution in [0.4, 0.5) is 5.69 Å². The number of anilines is 1. The number of aliphatic hydroxyl groups is 1. The van der Waals surface area contributed by atoms with Gasteiger partial charge in [0.05, 0.1) is 22.3 Å². The van der Waals surface area contributed by atoms with Crippen LogP contribution in [-0.4, -0.2) is 58.1 Å². The van der Waals surface area contributed by atoms with Crippen molar-refractivity contribution in [2.45, 2.75) is 30.9 Å². The number of phenolic OH excluding ortho intramolecular Hbond substituents is 1. The molecule has 1 saturated heterocycles. The molecule has 7 N–H and O–H groups in total. The number of nitrogens with one attached hydrogen (secondary N) is 3. The minimum atomic E-state index is -0.983. The van der Waals surface area contributed by atoms with Gasteiger partial charge in [-0.05, 0) is 65.4 Å². The van der Waals surface area contributed by atoms with Gasteiger partial charge in [-0.25, -0.2) is 0 Å². The van der Waals surface area contributed by atoms with E-state index in [9.17, 15) is 24.6 Å². The van der Waals surface area contributed by atoms with Crippen LogP contribution in [0, 0.1) is 5.92 Å². The van der Waals surface area contributed by atoms with E-state index in [2.05, 4.69) is 20.5 Å². The van der Waals surface area contributed by atoms with Crippen molar-refractivity contribution < 1.29 is 19.8 Å². The molecule has 2 atom stereocenters. The summed E-state index contributed by atoms with van der Waals surface area (Å²) in [5.41, 5.74) is 8.85. The number of hydrogen-bond donors (Lipinski definition) is 6. The standard InChI is InChI=1S/C39H40ClN5O5/c40-31-21-25(22-42-23-34(47)29-12-15-33(46)37-30(29)13-16-35(48)44-37)11-14-32(31)43-36(49)18-20-45-19-17-28(24-45)39(38(41)50,26-7-3-1-4-8-26)27-9-5-2-6-10-27/h1-16,21,28,34,42,46-47H,17-20,22-24H2,(H2,41,50)(H,43,49)(H,44,48)/t28-,34+/m1/s1. The lowest BCUT2D eigenvalue weighted by molar-refractivity contribution is -0.124. The number of carbonyl (C=O) groups is 2. The summed E-state index contributed by atoms with van der Waals surface area (Å²) in [7, 11) is 0. The molecule has 0 radical (unpaired) electrons. The average molecular weight is 694 g/mol. The molecule has 1 aliphatic rings. The van der Waals surface area contributed by atoms with Gasteiger partial charge in [-0.15, -0.1) is 0 Å². The summed E-state index contributed by atoms with van der Waals surface area (Å²) in [6.45, 7) is 2.51. The van der Waals surface area contributed by atoms with Crippen LogP contribution < -0.4 is 21.9 Å². The van der Waals surface area contributed by atoms with Crippen LogP contribution >= 0.6 is 11.6 Å². The predicted molar refractivity (Wildman–Crippen MR) is 195 cm³/mol. The van der Waals surface area contributed by atoms with Crippen LogP contribution in [0.15, 0.2) is 108 Å². The number of nitrogens with two attached hydrogens (primary N) is 1. The smallest absolute Gasteiger partial charge is 0.248 e. The van der Waals surface area contributed by atoms with Crippen molar-refractivity contribution in [1.29, 1.82) is 0 Å². The van der Waals surface area contributed by atoms with E-state index in [0.717, 1.165) is 29.7 Å². The number of pyridine rings is 1. The summed E-state index contributed by atoms with van der Waals surface area (Å²) >= 11 is 6.55. The quantitative estimate of drug-likeness (QED) is 0.103. The number of benzene rings is 4. The molecule has 1 aliphatic heterocycles. The van der Waals surface area contributed by atoms with Crippen LogP contribution in [0.25, 0.3) is 10.9 Å². The number of rotatable bonds is 13. The van der Waals surface area contributed by atoms with Gasteiger partial charge in [0.1, 0.15) is 11.2 Å². The summed E-state index contributed by atoms with van der Waals surface area (Å²) in [5.74, 6) is -0.676. The van der Waals surface area contributed by atoms with Crippen LogP contribution in [0.3, 0.4) is 0 Å². The maximum Gasteiger partial charge on any atom is 0.248 e. The Kier molecular flexibility index (Phi) is 10.6. The fourth-order valence-corrected chi connectivity index (χ4v) is 7.42. The molecule has 2 amide bonds. The lowest BCUT2D eigenvalue weighted by atomic mass is 9.64. The highest BCUT2D eigenvalue weighted by Gasteiger charge is 2.49. The fraction of sp³-hybridized carbons (Fsp3) is 0.256. The molecule has 0 bridgehead atoms. The maximum absolute atomic E-state index is 13.3. The van der Waals surface area contributed by atoms with E-state index in [1.165, 1.54) is 12.1 Å². The Balaban J connectivity index is 1.02. The number of likely N-dealkylation sites (tertiary alicyclic amines) is 1. The van der Waals surface area contributed by atoms with Crippen molar-refractivity contribution >= 4 is 40.0 Å². The minimum Gasteiger partial charge on any atom is -0.506 e. The molecule has 1 aromatic heterocycles. The first kappa shape index (κ1) is 34.8. The zero-order valence-corrected chi connectivity index (χ0v) is 28.2. The summed E-state index contributed by atoms with van der Waals surface area (Å²) in [6.07, 6.45) is 0.122. The first-order valence-corrected chi connectivity index (χ1v) is 17.0. The highest BCUT2D eigenvalue weighted by atomic mass is 35.5. The first-order valence-electron chi connectivity index (χ1n) is 16.6. The third-order valence-electron chi connectivity index (χ3n) is 9.63. The number of phenols is 1. The number of aromatic amines is 1. The lowest BCUT2D eigenvalue weighted by Gasteiger charge is -2.37. The van der Waals surface area contributed by atoms with Gasteiger partial charge in [-0.3, -0.25) is 14.4 Å². The number of aromatic nitrogens is 1. The van der Waals surface area contributed by atoms with E-state index in [4.69, 9.17) is 17.3 Å². The second-order valence-corrected chi connectivity index (χ2v) is 13.1. The van der Waals surface area contributed by atoms with Crippen LogP contribution in [0.2, 0.25) is 5.02 Å². The van der Waals surface area contributed by atoms with Crippen molar-refractivity contribution in [1.82, 2.24) is 15.2 Å². The van der Waals surface area contributed by atoms with Gasteiger partial charge in [0, 0.05) is 44.1 Å². The third-order valence-corrected chi connectivity index (χ3v) is 9.94. The number of fused-ring (bicyclic) bond motifs is 1. The molecule has 1 fully saturated rings. The molecule has 0 spiro atoms. The Morgan fingerprint density at radius 1 is 0.980 bits per heavy atom. The van der Waals surface area contributed by atoms with E-state index in [0.29, 0.717) is 41.3 Å². The SMILES string of the molecule is NC(=O)C(c1ccccc1)(c1ccccc1)[C@@H]1CCN(CCC(=O)Nc2ccc(CNC[C@H](O)c3ccc(O)c4[nH]c(=O)ccc34)cc2Cl)C1. The second-order valence-electron chi connectivity index (χ2n) is 12.7. The molecule has 2 heterocycles. The Hall–Kier alpha value is -5.00. The number of halogens is 1. The molecular formula is C39H40ClN5O5. The van der Waals surface area contributed by atoms with Crippen molar-refractivity contribution in [3.05, 3.63) is 141 Å². The van der Waals surface area contributed by atoms with Crippen molar-refractivity contribution in [3.8, 4) is 5.75 Å². The normalized spacial score (nSPS) is 15.6. The van der Waals surface area contributed by atoms with Gasteiger partial charge < -0.3 is 36.5 Å². The molecule has 11 heteroatoms. The van der Waals surface area contributed by atoms with Crippen molar-refractivity contribution in [3.63, 3.8) is 0 Å². The number of H-pyrrole nitrogens is 1. The number of hydrogen-bond acceptors (Lipinski definition) is 7. The predicted octanol–water partition coefficient (Wildman–Crippen LogP) is 4.83. The number of primary amides is 1. The van der Waals surface area contributed by atoms with Gasteiger partial charge in [-0.2, -0.15) is 0 Å². The second kappa shape index (κ2) is 15.3. The number of aromatic hydroxyl groups is 1. The van der Waals surface area contributed by atoms with Gasteiger partial charge in [0.2, 0.25) is 17.4 Å². The zero-order valence-electron chi connectivity index (χ0n) is 27.4. The summed E-state index contributed by atoms with van der Waals surface area (Å²) in [4.78, 5) is 42.9. The molecule has 0 saturated carbocycles. The Bertz CT molecular complexity index is 2000. The molecule has 50 heavy (non-hydrogen) atoms. The van der Waals surface area contributed by atoms with Gasteiger partial charge in [0.15, 0.2) is 0 Å². The van der Waals surface area contributed by atoms with Crippen molar-refractivity contribution in [2.24, 2.45) is 11.7 Å². The molecule has 0 unspecified atom stereocenters. The molecule has 0 aliphatic carbocycles. The topological polar surface area (TPSA) is 161 Å². The Morgan fingerprint density at radius 3 is 2.34 bits per heavy atom. The van der Waals surface area contributed by atoms with Gasteiger partial charge in [0.25, 0.3) is 0 Å². The van der Waals surface area contributed by atoms with Crippen LogP contribution in [-0.2, 0) is 21.5 Å². The number of carbonyl (C=O) groups excluding carboxylic acids is 2. The van der Waals surface area contributed by atoms with Crippen LogP contribution in [0.5, 0.6) is 5.75 Å². The molecule has 6 rings (SSSR count). The highest BCUT2D eigenvalue weighted by molar-refractivity contribution is 6.33. The van der Waals surface area contributed by atoms with E-state index >= 15 is 0 Å². The third kappa shape index (κ3) is 7.29. The molecule has 5 aromatic rings. The Morgan fingerprint density at radius 2 is 1.68 bits per heavy atom. The van der Waals surface area contributed by atoms with E-state index in [1.807, 2.05) is 66.7 Å². The number of amides is 2. The summed E-state index contributed by atoms with van der Waals surface area (Å²) in [5, 5.41) is 28.0. The highest BCUT2D eigenvalue weighted by Crippen LogP contribution is 2.43. The average Bonchev–Trinajstić information content (AvgIpc) is 3.59. The van der Waals surface area contributed by atoms with E-state index < -0.39 is 11.5 Å². The van der Waals surface area contributed by atoms with Gasteiger partial charge in [-0.1, -0.05) is 84.4 Å². The molecular weight excluding hydrogens is 654 g/mol. The Labute approximate surface area is 294 Å². The van der Waals surface area contributed by atoms with E-state index in [1.54, 1.807) is 24.3 Å². The first-order chi connectivity index (χ1) is 24.2. The molecule has 10 nitrogen and oxygen atoms in total. The zero-order chi connectivity index (χ0) is 35.3. The van der Waals surface area contributed by atoms with E-state index in [-0.39, 0.29) is 47.5 Å². The minimum absolute atomic E-state index is 0.0597. The largest absolute Gasteiger partial charge is 0.506 e. The molecule has 258 valence electrons. The summed E-state index contributed by atoms with van der Waals surface area (Å²) in [6, 6.07) is 30.8.